The molecule has 236 valence electrons. The van der Waals surface area contributed by atoms with Gasteiger partial charge in [-0.15, -0.1) is 5.01 Å². The van der Waals surface area contributed by atoms with E-state index in [2.05, 4.69) is 24.7 Å². The van der Waals surface area contributed by atoms with Crippen LogP contribution in [-0.4, -0.2) is 67.2 Å². The molecule has 1 fully saturated rings. The lowest BCUT2D eigenvalue weighted by Gasteiger charge is -2.27. The van der Waals surface area contributed by atoms with Gasteiger partial charge in [0.25, 0.3) is 16.8 Å². The first-order valence-electron chi connectivity index (χ1n) is 13.0. The van der Waals surface area contributed by atoms with Crippen molar-refractivity contribution >= 4 is 22.1 Å². The molecule has 1 amide bonds. The first-order chi connectivity index (χ1) is 20.8. The Balaban J connectivity index is 1.46. The number of methoxy groups -OCH3 is 1. The molecule has 1 unspecified atom stereocenters. The number of benzene rings is 2. The van der Waals surface area contributed by atoms with E-state index in [0.717, 1.165) is 40.6 Å². The van der Waals surface area contributed by atoms with Gasteiger partial charge in [0.2, 0.25) is 11.2 Å². The maximum atomic E-state index is 13.5. The number of hydrazine groups is 1. The summed E-state index contributed by atoms with van der Waals surface area (Å²) < 4.78 is 78.1. The maximum Gasteiger partial charge on any atom is 0.510 e. The zero-order valence-corrected chi connectivity index (χ0v) is 24.2. The number of hydrogen-bond donors (Lipinski definition) is 1. The average Bonchev–Trinajstić information content (AvgIpc) is 3.46. The summed E-state index contributed by atoms with van der Waals surface area (Å²) in [6.07, 6.45) is -5.13. The van der Waals surface area contributed by atoms with Gasteiger partial charge in [0.15, 0.2) is 5.69 Å². The number of hydrogen-bond acceptors (Lipinski definition) is 10. The number of carbonyl (C=O) groups is 2. The number of aryl methyl sites for hydroxylation is 1. The number of rotatable bonds is 9. The van der Waals surface area contributed by atoms with E-state index in [9.17, 15) is 36.4 Å². The van der Waals surface area contributed by atoms with E-state index in [1.165, 1.54) is 12.1 Å². The van der Waals surface area contributed by atoms with E-state index < -0.39 is 46.7 Å². The minimum Gasteiger partial charge on any atom is -0.569 e. The van der Waals surface area contributed by atoms with Crippen molar-refractivity contribution in [1.82, 2.24) is 19.5 Å². The molecule has 2 aromatic carbocycles. The summed E-state index contributed by atoms with van der Waals surface area (Å²) in [7, 11) is -3.31. The Hall–Kier alpha value is -4.87. The number of sulfonamides is 1. The van der Waals surface area contributed by atoms with Crippen molar-refractivity contribution in [1.29, 1.82) is 0 Å². The zero-order chi connectivity index (χ0) is 32.1. The van der Waals surface area contributed by atoms with E-state index in [-0.39, 0.29) is 40.8 Å². The molecule has 3 aromatic rings. The van der Waals surface area contributed by atoms with Gasteiger partial charge in [0.05, 0.1) is 47.4 Å². The topological polar surface area (TPSA) is 167 Å². The Bertz CT molecular complexity index is 1630. The summed E-state index contributed by atoms with van der Waals surface area (Å²) in [5.41, 5.74) is 0.551. The van der Waals surface area contributed by atoms with Gasteiger partial charge in [-0.1, -0.05) is 29.8 Å². The van der Waals surface area contributed by atoms with Gasteiger partial charge in [-0.2, -0.15) is 18.3 Å². The number of ether oxygens (including phenoxy) is 2. The van der Waals surface area contributed by atoms with Gasteiger partial charge in [-0.3, -0.25) is 4.79 Å². The van der Waals surface area contributed by atoms with E-state index in [1.54, 1.807) is 24.3 Å². The number of nitrogens with zero attached hydrogens (tertiary/aromatic N) is 5. The van der Waals surface area contributed by atoms with Crippen molar-refractivity contribution in [3.63, 3.8) is 0 Å². The van der Waals surface area contributed by atoms with Crippen LogP contribution < -0.4 is 4.72 Å². The van der Waals surface area contributed by atoms with Gasteiger partial charge in [0, 0.05) is 5.56 Å². The second-order valence-electron chi connectivity index (χ2n) is 9.59. The minimum atomic E-state index is -4.71. The van der Waals surface area contributed by atoms with Crippen molar-refractivity contribution in [2.75, 3.05) is 27.0 Å². The van der Waals surface area contributed by atoms with Gasteiger partial charge < -0.3 is 19.5 Å². The van der Waals surface area contributed by atoms with Crippen molar-refractivity contribution in [2.45, 2.75) is 30.8 Å². The molecule has 1 atom stereocenters. The second-order valence-corrected chi connectivity index (χ2v) is 11.3. The fraction of sp³-hybridized carbons (Fsp3) is 0.346. The standard InChI is InChI=1S/C26H27F3N6O8S/c1-17-5-7-18(8-6-17)22-14-23(26(27,28)29)30-34(22)20-9-11-21(12-10-20)44(39,40)31-24(36)19-4-3-13-33(15-19)35(38)32-43-16-42-25(37)41-2/h5-12,14,19H,3-4,13,15-16H2,1-2H3,(H,31,36)/b35-32-. The lowest BCUT2D eigenvalue weighted by Crippen LogP contribution is -2.46. The molecule has 0 radical (unpaired) electrons. The lowest BCUT2D eigenvalue weighted by molar-refractivity contribution is -0.714. The summed E-state index contributed by atoms with van der Waals surface area (Å²) >= 11 is 0. The number of carbonyl (C=O) groups excluding carboxylic acids is 2. The first kappa shape index (κ1) is 32.1. The van der Waals surface area contributed by atoms with Gasteiger partial charge in [-0.05, 0) is 50.1 Å². The third kappa shape index (κ3) is 7.74. The van der Waals surface area contributed by atoms with Gasteiger partial charge >= 0.3 is 12.3 Å². The molecule has 1 aliphatic heterocycles. The third-order valence-corrected chi connectivity index (χ3v) is 7.87. The fourth-order valence-corrected chi connectivity index (χ4v) is 5.32. The predicted octanol–water partition coefficient (Wildman–Crippen LogP) is 3.93. The molecule has 0 saturated carbocycles. The molecular formula is C26H27F3N6O8S. The number of aromatic nitrogens is 2. The molecule has 44 heavy (non-hydrogen) atoms. The Kier molecular flexibility index (Phi) is 9.61. The Morgan fingerprint density at radius 1 is 1.16 bits per heavy atom. The molecule has 4 rings (SSSR count). The van der Waals surface area contributed by atoms with Crippen LogP contribution in [0.5, 0.6) is 0 Å². The van der Waals surface area contributed by atoms with Crippen molar-refractivity contribution in [3.8, 4) is 16.9 Å². The van der Waals surface area contributed by atoms with Crippen LogP contribution in [0.1, 0.15) is 24.1 Å². The summed E-state index contributed by atoms with van der Waals surface area (Å²) in [6.45, 7) is 1.15. The zero-order valence-electron chi connectivity index (χ0n) is 23.4. The SMILES string of the molecule is COC(=O)OCO/N=[N+](\[O-])N1CCCC(C(=O)NS(=O)(=O)c2ccc(-n3nc(C(F)(F)F)cc3-c3ccc(C)cc3)cc2)C1. The van der Waals surface area contributed by atoms with Crippen molar-refractivity contribution in [2.24, 2.45) is 11.2 Å². The van der Waals surface area contributed by atoms with Crippen LogP contribution in [0.15, 0.2) is 64.8 Å². The smallest absolute Gasteiger partial charge is 0.510 e. The van der Waals surface area contributed by atoms with Gasteiger partial charge in [0.1, 0.15) is 0 Å². The van der Waals surface area contributed by atoms with Crippen LogP contribution in [0, 0.1) is 18.0 Å². The first-order valence-corrected chi connectivity index (χ1v) is 14.4. The molecule has 1 aromatic heterocycles. The molecule has 2 heterocycles. The monoisotopic (exact) mass is 640 g/mol. The van der Waals surface area contributed by atoms with E-state index in [1.807, 2.05) is 11.6 Å². The predicted molar refractivity (Wildman–Crippen MR) is 144 cm³/mol. The normalized spacial score (nSPS) is 15.9. The Labute approximate surface area is 249 Å². The summed E-state index contributed by atoms with van der Waals surface area (Å²) in [6, 6.07) is 12.5. The van der Waals surface area contributed by atoms with Crippen LogP contribution in [0.4, 0.5) is 18.0 Å². The second kappa shape index (κ2) is 13.2. The van der Waals surface area contributed by atoms with Crippen molar-refractivity contribution < 1.29 is 50.5 Å². The molecule has 1 saturated heterocycles. The third-order valence-electron chi connectivity index (χ3n) is 6.51. The number of amides is 1. The summed E-state index contributed by atoms with van der Waals surface area (Å²) in [5, 5.41) is 20.2. The maximum absolute atomic E-state index is 13.5. The largest absolute Gasteiger partial charge is 0.569 e. The molecule has 0 bridgehead atoms. The molecule has 0 spiro atoms. The Morgan fingerprint density at radius 2 is 1.84 bits per heavy atom. The van der Waals surface area contributed by atoms with Crippen LogP contribution in [0.25, 0.3) is 16.9 Å². The summed E-state index contributed by atoms with van der Waals surface area (Å²) in [4.78, 5) is 28.0. The fourth-order valence-electron chi connectivity index (χ4n) is 4.27. The van der Waals surface area contributed by atoms with Crippen molar-refractivity contribution in [3.05, 3.63) is 71.1 Å². The lowest BCUT2D eigenvalue weighted by atomic mass is 9.99. The molecule has 0 aliphatic carbocycles. The number of halogens is 3. The van der Waals surface area contributed by atoms with Crippen LogP contribution in [0.2, 0.25) is 0 Å². The number of alkyl halides is 3. The number of piperidine rings is 1. The van der Waals surface area contributed by atoms with E-state index >= 15 is 0 Å². The molecule has 18 heteroatoms. The molecular weight excluding hydrogens is 613 g/mol. The van der Waals surface area contributed by atoms with Crippen LogP contribution in [-0.2, 0) is 35.3 Å². The highest BCUT2D eigenvalue weighted by Gasteiger charge is 2.36. The molecule has 1 aliphatic rings. The van der Waals surface area contributed by atoms with Crippen LogP contribution >= 0.6 is 0 Å². The van der Waals surface area contributed by atoms with Crippen LogP contribution in [0.3, 0.4) is 0 Å². The van der Waals surface area contributed by atoms with Gasteiger partial charge in [-0.25, -0.2) is 22.6 Å². The summed E-state index contributed by atoms with van der Waals surface area (Å²) in [5.74, 6) is -1.77. The van der Waals surface area contributed by atoms with E-state index in [0.29, 0.717) is 12.0 Å². The number of nitrogens with one attached hydrogen (secondary N) is 1. The highest BCUT2D eigenvalue weighted by Crippen LogP contribution is 2.33. The van der Waals surface area contributed by atoms with E-state index in [4.69, 9.17) is 0 Å². The highest BCUT2D eigenvalue weighted by molar-refractivity contribution is 7.90. The minimum absolute atomic E-state index is 0.0532. The molecule has 1 N–H and O–H groups in total. The quantitative estimate of drug-likeness (QED) is 0.0904. The highest BCUT2D eigenvalue weighted by atomic mass is 32.2. The average molecular weight is 641 g/mol. The Morgan fingerprint density at radius 3 is 2.48 bits per heavy atom. The molecule has 14 nitrogen and oxygen atoms in total.